The Hall–Kier alpha value is -2.40. The van der Waals surface area contributed by atoms with Gasteiger partial charge in [0.15, 0.2) is 0 Å². The van der Waals surface area contributed by atoms with Gasteiger partial charge in [0.05, 0.1) is 18.7 Å². The van der Waals surface area contributed by atoms with Gasteiger partial charge in [0.25, 0.3) is 0 Å². The van der Waals surface area contributed by atoms with Gasteiger partial charge in [0, 0.05) is 11.4 Å². The maximum atomic E-state index is 11.9. The Kier molecular flexibility index (Phi) is 5.49. The summed E-state index contributed by atoms with van der Waals surface area (Å²) >= 11 is 6.01. The summed E-state index contributed by atoms with van der Waals surface area (Å²) in [4.78, 5) is 11.9. The number of hydrogen-bond donors (Lipinski definition) is 2. The number of nitrogens with one attached hydrogen (secondary N) is 2. The maximum Gasteiger partial charge on any atom is 0.323 e. The molecule has 0 unspecified atom stereocenters. The lowest BCUT2D eigenvalue weighted by molar-refractivity contribution is 0.262. The molecule has 22 heavy (non-hydrogen) atoms. The lowest BCUT2D eigenvalue weighted by atomic mass is 10.3. The van der Waals surface area contributed by atoms with Gasteiger partial charge in [-0.15, -0.1) is 0 Å². The Labute approximate surface area is 134 Å². The molecule has 0 fully saturated rings. The third kappa shape index (κ3) is 4.30. The predicted molar refractivity (Wildman–Crippen MR) is 88.3 cm³/mol. The van der Waals surface area contributed by atoms with Crippen LogP contribution in [0.5, 0.6) is 11.5 Å². The zero-order valence-electron chi connectivity index (χ0n) is 12.4. The molecule has 0 atom stereocenters. The van der Waals surface area contributed by atoms with Crippen LogP contribution in [0.1, 0.15) is 6.92 Å². The summed E-state index contributed by atoms with van der Waals surface area (Å²) in [6, 6.07) is 11.8. The minimum absolute atomic E-state index is 0.356. The van der Waals surface area contributed by atoms with E-state index in [2.05, 4.69) is 10.6 Å². The summed E-state index contributed by atoms with van der Waals surface area (Å²) < 4.78 is 10.4. The van der Waals surface area contributed by atoms with E-state index in [4.69, 9.17) is 21.1 Å². The molecule has 0 aliphatic rings. The number of halogens is 1. The van der Waals surface area contributed by atoms with Crippen molar-refractivity contribution in [1.29, 1.82) is 0 Å². The molecule has 0 spiro atoms. The van der Waals surface area contributed by atoms with Crippen molar-refractivity contribution in [2.45, 2.75) is 6.92 Å². The molecule has 0 aliphatic heterocycles. The highest BCUT2D eigenvalue weighted by Gasteiger charge is 2.06. The van der Waals surface area contributed by atoms with E-state index in [0.717, 1.165) is 5.75 Å². The fourth-order valence-electron chi connectivity index (χ4n) is 1.84. The summed E-state index contributed by atoms with van der Waals surface area (Å²) in [5.41, 5.74) is 1.25. The molecule has 116 valence electrons. The number of carbonyl (C=O) groups is 1. The highest BCUT2D eigenvalue weighted by atomic mass is 35.5. The van der Waals surface area contributed by atoms with Gasteiger partial charge >= 0.3 is 6.03 Å². The molecule has 0 saturated heterocycles. The van der Waals surface area contributed by atoms with Crippen LogP contribution in [0.2, 0.25) is 5.02 Å². The van der Waals surface area contributed by atoms with Gasteiger partial charge in [0.2, 0.25) is 0 Å². The van der Waals surface area contributed by atoms with E-state index < -0.39 is 0 Å². The van der Waals surface area contributed by atoms with E-state index in [1.807, 2.05) is 6.92 Å². The Morgan fingerprint density at radius 1 is 1.09 bits per heavy atom. The number of amides is 2. The number of methoxy groups -OCH3 is 1. The quantitative estimate of drug-likeness (QED) is 0.859. The second-order valence-electron chi connectivity index (χ2n) is 4.39. The minimum atomic E-state index is -0.356. The number of urea groups is 1. The highest BCUT2D eigenvalue weighted by Crippen LogP contribution is 2.27. The standard InChI is InChI=1S/C16H17ClN2O3/c1-3-22-13-7-4-11(5-8-13)18-16(20)19-12-6-9-15(21-2)14(17)10-12/h4-10H,3H2,1-2H3,(H2,18,19,20). The molecule has 6 heteroatoms. The van der Waals surface area contributed by atoms with Crippen LogP contribution < -0.4 is 20.1 Å². The molecule has 0 heterocycles. The Balaban J connectivity index is 1.96. The highest BCUT2D eigenvalue weighted by molar-refractivity contribution is 6.32. The van der Waals surface area contributed by atoms with Crippen molar-refractivity contribution in [3.8, 4) is 11.5 Å². The topological polar surface area (TPSA) is 59.6 Å². The molecule has 2 rings (SSSR count). The van der Waals surface area contributed by atoms with Gasteiger partial charge in [-0.3, -0.25) is 0 Å². The molecular formula is C16H17ClN2O3. The molecule has 0 bridgehead atoms. The van der Waals surface area contributed by atoms with Crippen LogP contribution in [0.3, 0.4) is 0 Å². The molecule has 2 aromatic rings. The van der Waals surface area contributed by atoms with Gasteiger partial charge in [-0.2, -0.15) is 0 Å². The maximum absolute atomic E-state index is 11.9. The summed E-state index contributed by atoms with van der Waals surface area (Å²) in [7, 11) is 1.53. The van der Waals surface area contributed by atoms with Crippen LogP contribution >= 0.6 is 11.6 Å². The number of anilines is 2. The third-order valence-corrected chi connectivity index (χ3v) is 3.13. The van der Waals surface area contributed by atoms with Crippen molar-refractivity contribution in [3.63, 3.8) is 0 Å². The van der Waals surface area contributed by atoms with Gasteiger partial charge in [-0.05, 0) is 49.4 Å². The first kappa shape index (κ1) is 16.0. The van der Waals surface area contributed by atoms with E-state index in [9.17, 15) is 4.79 Å². The van der Waals surface area contributed by atoms with E-state index in [-0.39, 0.29) is 6.03 Å². The van der Waals surface area contributed by atoms with Gasteiger partial charge in [-0.25, -0.2) is 4.79 Å². The average molecular weight is 321 g/mol. The molecule has 0 aliphatic carbocycles. The van der Waals surface area contributed by atoms with Crippen molar-refractivity contribution in [2.24, 2.45) is 0 Å². The molecule has 5 nitrogen and oxygen atoms in total. The van der Waals surface area contributed by atoms with Gasteiger partial charge < -0.3 is 20.1 Å². The Morgan fingerprint density at radius 3 is 2.32 bits per heavy atom. The number of hydrogen-bond acceptors (Lipinski definition) is 3. The van der Waals surface area contributed by atoms with Crippen LogP contribution in [-0.2, 0) is 0 Å². The first-order chi connectivity index (χ1) is 10.6. The van der Waals surface area contributed by atoms with Crippen LogP contribution in [-0.4, -0.2) is 19.7 Å². The van der Waals surface area contributed by atoms with Crippen LogP contribution in [0, 0.1) is 0 Å². The van der Waals surface area contributed by atoms with E-state index in [1.54, 1.807) is 42.5 Å². The zero-order chi connectivity index (χ0) is 15.9. The SMILES string of the molecule is CCOc1ccc(NC(=O)Nc2ccc(OC)c(Cl)c2)cc1. The van der Waals surface area contributed by atoms with Crippen molar-refractivity contribution in [3.05, 3.63) is 47.5 Å². The monoisotopic (exact) mass is 320 g/mol. The first-order valence-corrected chi connectivity index (χ1v) is 7.14. The van der Waals surface area contributed by atoms with Crippen LogP contribution in [0.25, 0.3) is 0 Å². The van der Waals surface area contributed by atoms with Crippen molar-refractivity contribution < 1.29 is 14.3 Å². The largest absolute Gasteiger partial charge is 0.495 e. The predicted octanol–water partition coefficient (Wildman–Crippen LogP) is 4.39. The first-order valence-electron chi connectivity index (χ1n) is 6.76. The van der Waals surface area contributed by atoms with Gasteiger partial charge in [0.1, 0.15) is 11.5 Å². The molecule has 2 aromatic carbocycles. The molecule has 0 radical (unpaired) electrons. The second kappa shape index (κ2) is 7.56. The summed E-state index contributed by atoms with van der Waals surface area (Å²) in [6.45, 7) is 2.52. The molecule has 0 saturated carbocycles. The van der Waals surface area contributed by atoms with Crippen molar-refractivity contribution in [2.75, 3.05) is 24.4 Å². The number of ether oxygens (including phenoxy) is 2. The molecule has 0 aromatic heterocycles. The molecule has 2 amide bonds. The zero-order valence-corrected chi connectivity index (χ0v) is 13.1. The van der Waals surface area contributed by atoms with E-state index in [0.29, 0.717) is 28.8 Å². The fraction of sp³-hybridized carbons (Fsp3) is 0.188. The fourth-order valence-corrected chi connectivity index (χ4v) is 2.10. The normalized spacial score (nSPS) is 9.95. The average Bonchev–Trinajstić information content (AvgIpc) is 2.50. The molecule has 2 N–H and O–H groups in total. The number of carbonyl (C=O) groups excluding carboxylic acids is 1. The lowest BCUT2D eigenvalue weighted by Gasteiger charge is -2.10. The van der Waals surface area contributed by atoms with E-state index in [1.165, 1.54) is 7.11 Å². The minimum Gasteiger partial charge on any atom is -0.495 e. The van der Waals surface area contributed by atoms with Crippen molar-refractivity contribution in [1.82, 2.24) is 0 Å². The van der Waals surface area contributed by atoms with Crippen LogP contribution in [0.15, 0.2) is 42.5 Å². The number of benzene rings is 2. The summed E-state index contributed by atoms with van der Waals surface area (Å²) in [5.74, 6) is 1.31. The summed E-state index contributed by atoms with van der Waals surface area (Å²) in [5, 5.41) is 5.86. The lowest BCUT2D eigenvalue weighted by Crippen LogP contribution is -2.19. The van der Waals surface area contributed by atoms with Crippen LogP contribution in [0.4, 0.5) is 16.2 Å². The third-order valence-electron chi connectivity index (χ3n) is 2.83. The Morgan fingerprint density at radius 2 is 1.73 bits per heavy atom. The Bertz CT molecular complexity index is 644. The molecular weight excluding hydrogens is 304 g/mol. The van der Waals surface area contributed by atoms with E-state index >= 15 is 0 Å². The second-order valence-corrected chi connectivity index (χ2v) is 4.79. The number of rotatable bonds is 5. The van der Waals surface area contributed by atoms with Crippen molar-refractivity contribution >= 4 is 29.0 Å². The summed E-state index contributed by atoms with van der Waals surface area (Å²) in [6.07, 6.45) is 0. The smallest absolute Gasteiger partial charge is 0.323 e. The van der Waals surface area contributed by atoms with Gasteiger partial charge in [-0.1, -0.05) is 11.6 Å².